The molecular weight excluding hydrogens is 292 g/mol. The monoisotopic (exact) mass is 312 g/mol. The number of rotatable bonds is 4. The van der Waals surface area contributed by atoms with E-state index in [9.17, 15) is 9.59 Å². The Hall–Kier alpha value is -2.56. The first kappa shape index (κ1) is 15.3. The minimum Gasteiger partial charge on any atom is -0.477 e. The summed E-state index contributed by atoms with van der Waals surface area (Å²) in [6.45, 7) is 4.12. The van der Waals surface area contributed by atoms with E-state index in [2.05, 4.69) is 22.0 Å². The predicted molar refractivity (Wildman–Crippen MR) is 90.3 cm³/mol. The first-order valence-corrected chi connectivity index (χ1v) is 7.95. The van der Waals surface area contributed by atoms with Gasteiger partial charge in [0.15, 0.2) is 0 Å². The van der Waals surface area contributed by atoms with Crippen molar-refractivity contribution in [2.24, 2.45) is 0 Å². The fraction of sp³-hybridized carbons (Fsp3) is 0.333. The molecule has 1 fully saturated rings. The first-order chi connectivity index (χ1) is 11.1. The molecule has 0 spiro atoms. The van der Waals surface area contributed by atoms with E-state index in [0.717, 1.165) is 24.2 Å². The molecule has 0 atom stereocenters. The Labute approximate surface area is 134 Å². The number of H-pyrrole nitrogens is 1. The molecule has 2 aromatic rings. The third kappa shape index (κ3) is 2.99. The molecule has 2 heterocycles. The van der Waals surface area contributed by atoms with Gasteiger partial charge in [-0.15, -0.1) is 0 Å². The molecule has 0 unspecified atom stereocenters. The second-order valence-electron chi connectivity index (χ2n) is 5.81. The molecular formula is C18H20N2O3. The summed E-state index contributed by atoms with van der Waals surface area (Å²) >= 11 is 0. The molecule has 1 aliphatic rings. The van der Waals surface area contributed by atoms with Crippen molar-refractivity contribution in [1.29, 1.82) is 0 Å². The Morgan fingerprint density at radius 1 is 1.22 bits per heavy atom. The van der Waals surface area contributed by atoms with Gasteiger partial charge in [-0.25, -0.2) is 4.79 Å². The molecule has 0 amide bonds. The number of pyridine rings is 1. The highest BCUT2D eigenvalue weighted by atomic mass is 16.4. The molecule has 5 nitrogen and oxygen atoms in total. The largest absolute Gasteiger partial charge is 0.477 e. The highest BCUT2D eigenvalue weighted by Crippen LogP contribution is 2.26. The van der Waals surface area contributed by atoms with Gasteiger partial charge in [-0.1, -0.05) is 19.1 Å². The summed E-state index contributed by atoms with van der Waals surface area (Å²) < 4.78 is 0. The molecule has 3 rings (SSSR count). The van der Waals surface area contributed by atoms with E-state index in [1.165, 1.54) is 24.6 Å². The molecule has 5 heteroatoms. The van der Waals surface area contributed by atoms with E-state index in [-0.39, 0.29) is 5.56 Å². The minimum absolute atomic E-state index is 0.209. The summed E-state index contributed by atoms with van der Waals surface area (Å²) in [6, 6.07) is 9.56. The van der Waals surface area contributed by atoms with Gasteiger partial charge in [-0.3, -0.25) is 4.79 Å². The molecule has 120 valence electrons. The van der Waals surface area contributed by atoms with Crippen LogP contribution in [0.2, 0.25) is 0 Å². The van der Waals surface area contributed by atoms with Gasteiger partial charge in [0.25, 0.3) is 5.56 Å². The van der Waals surface area contributed by atoms with Crippen LogP contribution in [0.15, 0.2) is 35.1 Å². The van der Waals surface area contributed by atoms with Crippen LogP contribution in [-0.4, -0.2) is 29.1 Å². The fourth-order valence-corrected chi connectivity index (χ4v) is 3.08. The van der Waals surface area contributed by atoms with Gasteiger partial charge in [0.1, 0.15) is 5.56 Å². The number of nitrogens with one attached hydrogen (secondary N) is 1. The smallest absolute Gasteiger partial charge is 0.341 e. The Bertz CT molecular complexity index is 772. The normalized spacial score (nSPS) is 14.2. The van der Waals surface area contributed by atoms with Crippen LogP contribution in [0.25, 0.3) is 11.3 Å². The lowest BCUT2D eigenvalue weighted by Gasteiger charge is -2.18. The average Bonchev–Trinajstić information content (AvgIpc) is 3.09. The highest BCUT2D eigenvalue weighted by Gasteiger charge is 2.15. The Morgan fingerprint density at radius 3 is 2.43 bits per heavy atom. The van der Waals surface area contributed by atoms with Crippen LogP contribution in [0.4, 0.5) is 5.69 Å². The minimum atomic E-state index is -1.20. The van der Waals surface area contributed by atoms with Crippen molar-refractivity contribution in [2.45, 2.75) is 26.2 Å². The van der Waals surface area contributed by atoms with E-state index < -0.39 is 11.5 Å². The number of hydrogen-bond acceptors (Lipinski definition) is 3. The van der Waals surface area contributed by atoms with Crippen LogP contribution in [0, 0.1) is 0 Å². The molecule has 1 aliphatic heterocycles. The van der Waals surface area contributed by atoms with Gasteiger partial charge in [0, 0.05) is 18.8 Å². The van der Waals surface area contributed by atoms with Crippen molar-refractivity contribution in [1.82, 2.24) is 4.98 Å². The van der Waals surface area contributed by atoms with Crippen molar-refractivity contribution < 1.29 is 9.90 Å². The van der Waals surface area contributed by atoms with Gasteiger partial charge in [0.05, 0.1) is 5.69 Å². The SMILES string of the molecule is CCc1cc(C(=O)O)c(=O)[nH]c1-c1ccc(N2CCCC2)cc1. The van der Waals surface area contributed by atoms with Crippen LogP contribution in [-0.2, 0) is 6.42 Å². The number of aryl methyl sites for hydroxylation is 1. The predicted octanol–water partition coefficient (Wildman–Crippen LogP) is 2.90. The molecule has 2 N–H and O–H groups in total. The molecule has 0 bridgehead atoms. The number of aromatic carboxylic acids is 1. The molecule has 1 saturated heterocycles. The summed E-state index contributed by atoms with van der Waals surface area (Å²) in [5.74, 6) is -1.20. The molecule has 1 aromatic carbocycles. The number of carboxylic acids is 1. The van der Waals surface area contributed by atoms with E-state index in [1.54, 1.807) is 0 Å². The second kappa shape index (κ2) is 6.28. The van der Waals surface area contributed by atoms with Crippen molar-refractivity contribution in [2.75, 3.05) is 18.0 Å². The Kier molecular flexibility index (Phi) is 4.19. The lowest BCUT2D eigenvalue weighted by molar-refractivity contribution is 0.0695. The summed E-state index contributed by atoms with van der Waals surface area (Å²) in [4.78, 5) is 28.1. The zero-order valence-corrected chi connectivity index (χ0v) is 13.1. The zero-order chi connectivity index (χ0) is 16.4. The summed E-state index contributed by atoms with van der Waals surface area (Å²) in [7, 11) is 0. The van der Waals surface area contributed by atoms with Crippen LogP contribution >= 0.6 is 0 Å². The van der Waals surface area contributed by atoms with Gasteiger partial charge in [0.2, 0.25) is 0 Å². The molecule has 1 aromatic heterocycles. The Morgan fingerprint density at radius 2 is 1.87 bits per heavy atom. The number of hydrogen-bond donors (Lipinski definition) is 2. The topological polar surface area (TPSA) is 73.4 Å². The number of anilines is 1. The van der Waals surface area contributed by atoms with Gasteiger partial charge < -0.3 is 15.0 Å². The summed E-state index contributed by atoms with van der Waals surface area (Å²) in [5, 5.41) is 9.08. The van der Waals surface area contributed by atoms with Gasteiger partial charge >= 0.3 is 5.97 Å². The second-order valence-corrected chi connectivity index (χ2v) is 5.81. The number of carbonyl (C=O) groups is 1. The fourth-order valence-electron chi connectivity index (χ4n) is 3.08. The summed E-state index contributed by atoms with van der Waals surface area (Å²) in [5.41, 5.74) is 2.85. The number of aromatic amines is 1. The third-order valence-electron chi connectivity index (χ3n) is 4.36. The summed E-state index contributed by atoms with van der Waals surface area (Å²) in [6.07, 6.45) is 3.11. The third-order valence-corrected chi connectivity index (χ3v) is 4.36. The zero-order valence-electron chi connectivity index (χ0n) is 13.1. The standard InChI is InChI=1S/C18H20N2O3/c1-2-12-11-15(18(22)23)17(21)19-16(12)13-5-7-14(8-6-13)20-9-3-4-10-20/h5-8,11H,2-4,9-10H2,1H3,(H,19,21)(H,22,23). The van der Waals surface area contributed by atoms with Crippen LogP contribution in [0.3, 0.4) is 0 Å². The van der Waals surface area contributed by atoms with E-state index >= 15 is 0 Å². The highest BCUT2D eigenvalue weighted by molar-refractivity contribution is 5.88. The van der Waals surface area contributed by atoms with Gasteiger partial charge in [-0.05, 0) is 48.6 Å². The Balaban J connectivity index is 1.99. The molecule has 0 saturated carbocycles. The van der Waals surface area contributed by atoms with Gasteiger partial charge in [-0.2, -0.15) is 0 Å². The van der Waals surface area contributed by atoms with E-state index in [1.807, 2.05) is 19.1 Å². The maximum absolute atomic E-state index is 12.0. The van der Waals surface area contributed by atoms with Crippen molar-refractivity contribution in [3.63, 3.8) is 0 Å². The number of nitrogens with zero attached hydrogens (tertiary/aromatic N) is 1. The van der Waals surface area contributed by atoms with Crippen molar-refractivity contribution in [3.05, 3.63) is 51.8 Å². The van der Waals surface area contributed by atoms with E-state index in [0.29, 0.717) is 12.1 Å². The number of carboxylic acid groups (broad SMARTS) is 1. The first-order valence-electron chi connectivity index (χ1n) is 7.95. The molecule has 0 radical (unpaired) electrons. The van der Waals surface area contributed by atoms with E-state index in [4.69, 9.17) is 5.11 Å². The van der Waals surface area contributed by atoms with Crippen molar-refractivity contribution in [3.8, 4) is 11.3 Å². The van der Waals surface area contributed by atoms with Crippen molar-refractivity contribution >= 4 is 11.7 Å². The maximum atomic E-state index is 12.0. The number of aromatic nitrogens is 1. The van der Waals surface area contributed by atoms with Crippen LogP contribution in [0.1, 0.15) is 35.7 Å². The number of benzene rings is 1. The lowest BCUT2D eigenvalue weighted by Crippen LogP contribution is -2.19. The average molecular weight is 312 g/mol. The molecule has 0 aliphatic carbocycles. The quantitative estimate of drug-likeness (QED) is 0.910. The van der Waals surface area contributed by atoms with Crippen LogP contribution in [0.5, 0.6) is 0 Å². The molecule has 23 heavy (non-hydrogen) atoms. The maximum Gasteiger partial charge on any atom is 0.341 e. The lowest BCUT2D eigenvalue weighted by atomic mass is 10.0. The van der Waals surface area contributed by atoms with Crippen LogP contribution < -0.4 is 10.5 Å².